The van der Waals surface area contributed by atoms with Gasteiger partial charge in [0.15, 0.2) is 17.3 Å². The Kier molecular flexibility index (Phi) is 6.48. The predicted octanol–water partition coefficient (Wildman–Crippen LogP) is 3.59. The van der Waals surface area contributed by atoms with Crippen LogP contribution < -0.4 is 20.1 Å². The molecule has 3 N–H and O–H groups in total. The number of carbonyl (C=O) groups excluding carboxylic acids is 1. The first-order chi connectivity index (χ1) is 16.3. The first-order valence-corrected chi connectivity index (χ1v) is 11.7. The van der Waals surface area contributed by atoms with Crippen molar-refractivity contribution < 1.29 is 17.9 Å². The molecule has 4 aromatic rings. The molecule has 0 aliphatic rings. The van der Waals surface area contributed by atoms with Gasteiger partial charge in [-0.05, 0) is 42.5 Å². The van der Waals surface area contributed by atoms with Gasteiger partial charge in [-0.1, -0.05) is 17.7 Å². The summed E-state index contributed by atoms with van der Waals surface area (Å²) >= 11 is 6.31. The molecule has 0 aliphatic carbocycles. The lowest BCUT2D eigenvalue weighted by Gasteiger charge is -2.15. The lowest BCUT2D eigenvalue weighted by Crippen LogP contribution is -2.20. The predicted molar refractivity (Wildman–Crippen MR) is 129 cm³/mol. The van der Waals surface area contributed by atoms with Gasteiger partial charge in [-0.25, -0.2) is 23.4 Å². The normalized spacial score (nSPS) is 11.1. The Morgan fingerprint density at radius 2 is 1.85 bits per heavy atom. The molecule has 0 spiro atoms. The van der Waals surface area contributed by atoms with E-state index in [0.717, 1.165) is 0 Å². The van der Waals surface area contributed by atoms with Gasteiger partial charge < -0.3 is 15.4 Å². The van der Waals surface area contributed by atoms with Gasteiger partial charge >= 0.3 is 0 Å². The number of nitrogens with one attached hydrogen (secondary N) is 3. The van der Waals surface area contributed by atoms with Crippen LogP contribution in [0.25, 0.3) is 11.2 Å². The van der Waals surface area contributed by atoms with E-state index in [1.807, 2.05) is 0 Å². The molecule has 1 amide bonds. The molecule has 2 aromatic heterocycles. The number of carbonyl (C=O) groups is 1. The molecule has 0 bridgehead atoms. The minimum absolute atomic E-state index is 0.0763. The SMILES string of the molecule is CNC(=O)c1cccc(S(=O)(=O)Nc2nc3cccnc3nc2Nc2cc(OC)ccc2Cl)c1. The van der Waals surface area contributed by atoms with Crippen LogP contribution in [0.1, 0.15) is 10.4 Å². The summed E-state index contributed by atoms with van der Waals surface area (Å²) in [6, 6.07) is 13.9. The molecule has 0 radical (unpaired) electrons. The lowest BCUT2D eigenvalue weighted by atomic mass is 10.2. The lowest BCUT2D eigenvalue weighted by molar-refractivity contribution is 0.0963. The zero-order valence-electron chi connectivity index (χ0n) is 18.0. The van der Waals surface area contributed by atoms with Crippen LogP contribution in [0.2, 0.25) is 5.02 Å². The van der Waals surface area contributed by atoms with Crippen molar-refractivity contribution in [3.8, 4) is 5.75 Å². The number of hydrogen-bond acceptors (Lipinski definition) is 8. The molecule has 2 heterocycles. The standard InChI is InChI=1S/C22H19ClN6O4S/c1-24-22(30)13-5-3-6-15(11-13)34(31,32)29-21-20(28-19-17(26-21)7-4-10-25-19)27-18-12-14(33-2)8-9-16(18)23/h3-12H,1-2H3,(H,24,30)(H,26,29)(H,25,27,28). The largest absolute Gasteiger partial charge is 0.497 e. The third kappa shape index (κ3) is 4.85. The highest BCUT2D eigenvalue weighted by Gasteiger charge is 2.21. The van der Waals surface area contributed by atoms with Crippen LogP contribution in [0.4, 0.5) is 17.3 Å². The van der Waals surface area contributed by atoms with Crippen LogP contribution in [0, 0.1) is 0 Å². The molecular weight excluding hydrogens is 480 g/mol. The van der Waals surface area contributed by atoms with Gasteiger partial charge in [0.2, 0.25) is 0 Å². The number of ether oxygens (including phenoxy) is 1. The number of benzene rings is 2. The quantitative estimate of drug-likeness (QED) is 0.352. The van der Waals surface area contributed by atoms with Crippen molar-refractivity contribution in [2.45, 2.75) is 4.90 Å². The first-order valence-electron chi connectivity index (χ1n) is 9.89. The van der Waals surface area contributed by atoms with Gasteiger partial charge in [0.05, 0.1) is 22.7 Å². The Labute approximate surface area is 200 Å². The van der Waals surface area contributed by atoms with E-state index in [1.54, 1.807) is 36.5 Å². The molecule has 0 aliphatic heterocycles. The van der Waals surface area contributed by atoms with Crippen molar-refractivity contribution >= 4 is 56.0 Å². The van der Waals surface area contributed by atoms with Crippen molar-refractivity contribution in [3.63, 3.8) is 0 Å². The van der Waals surface area contributed by atoms with Crippen molar-refractivity contribution in [1.82, 2.24) is 20.3 Å². The maximum Gasteiger partial charge on any atom is 0.263 e. The Bertz CT molecular complexity index is 1500. The highest BCUT2D eigenvalue weighted by molar-refractivity contribution is 7.92. The maximum atomic E-state index is 13.2. The summed E-state index contributed by atoms with van der Waals surface area (Å²) in [6.45, 7) is 0. The van der Waals surface area contributed by atoms with Crippen molar-refractivity contribution in [2.75, 3.05) is 24.2 Å². The minimum Gasteiger partial charge on any atom is -0.497 e. The van der Waals surface area contributed by atoms with Gasteiger partial charge in [0, 0.05) is 24.9 Å². The zero-order valence-corrected chi connectivity index (χ0v) is 19.6. The van der Waals surface area contributed by atoms with Crippen molar-refractivity contribution in [2.24, 2.45) is 0 Å². The van der Waals surface area contributed by atoms with Gasteiger partial charge in [0.25, 0.3) is 15.9 Å². The summed E-state index contributed by atoms with van der Waals surface area (Å²) in [5, 5.41) is 5.83. The average molecular weight is 499 g/mol. The highest BCUT2D eigenvalue weighted by atomic mass is 35.5. The molecule has 174 valence electrons. The number of sulfonamides is 1. The average Bonchev–Trinajstić information content (AvgIpc) is 2.85. The van der Waals surface area contributed by atoms with Gasteiger partial charge in [-0.2, -0.15) is 0 Å². The van der Waals surface area contributed by atoms with E-state index in [2.05, 4.69) is 30.3 Å². The van der Waals surface area contributed by atoms with Crippen LogP contribution in [0.15, 0.2) is 65.7 Å². The Morgan fingerprint density at radius 1 is 1.03 bits per heavy atom. The monoisotopic (exact) mass is 498 g/mol. The molecule has 0 fully saturated rings. The summed E-state index contributed by atoms with van der Waals surface area (Å²) in [5.41, 5.74) is 1.29. The second kappa shape index (κ2) is 9.49. The third-order valence-corrected chi connectivity index (χ3v) is 6.40. The van der Waals surface area contributed by atoms with E-state index < -0.39 is 15.9 Å². The van der Waals surface area contributed by atoms with Crippen LogP contribution in [0.5, 0.6) is 5.75 Å². The number of rotatable bonds is 7. The number of methoxy groups -OCH3 is 1. The van der Waals surface area contributed by atoms with E-state index in [0.29, 0.717) is 27.6 Å². The Balaban J connectivity index is 1.78. The molecule has 2 aromatic carbocycles. The number of pyridine rings is 1. The summed E-state index contributed by atoms with van der Waals surface area (Å²) in [7, 11) is -1.16. The molecule has 12 heteroatoms. The number of aromatic nitrogens is 3. The van der Waals surface area contributed by atoms with Crippen molar-refractivity contribution in [3.05, 3.63) is 71.4 Å². The molecule has 0 saturated carbocycles. The van der Waals surface area contributed by atoms with E-state index in [9.17, 15) is 13.2 Å². The van der Waals surface area contributed by atoms with Gasteiger partial charge in [-0.15, -0.1) is 0 Å². The molecule has 0 unspecified atom stereocenters. The van der Waals surface area contributed by atoms with Gasteiger partial charge in [0.1, 0.15) is 11.3 Å². The number of nitrogens with zero attached hydrogens (tertiary/aromatic N) is 3. The summed E-state index contributed by atoms with van der Waals surface area (Å²) in [4.78, 5) is 24.8. The first kappa shape index (κ1) is 23.2. The fraction of sp³-hybridized carbons (Fsp3) is 0.0909. The van der Waals surface area contributed by atoms with Gasteiger partial charge in [-0.3, -0.25) is 9.52 Å². The number of amides is 1. The molecule has 0 saturated heterocycles. The van der Waals surface area contributed by atoms with Crippen LogP contribution >= 0.6 is 11.6 Å². The minimum atomic E-state index is -4.13. The zero-order chi connectivity index (χ0) is 24.3. The smallest absolute Gasteiger partial charge is 0.263 e. The maximum absolute atomic E-state index is 13.2. The summed E-state index contributed by atoms with van der Waals surface area (Å²) in [6.07, 6.45) is 1.55. The number of hydrogen-bond donors (Lipinski definition) is 3. The number of halogens is 1. The Morgan fingerprint density at radius 3 is 2.62 bits per heavy atom. The summed E-state index contributed by atoms with van der Waals surface area (Å²) < 4.78 is 34.0. The van der Waals surface area contributed by atoms with Crippen LogP contribution in [-0.4, -0.2) is 43.4 Å². The van der Waals surface area contributed by atoms with E-state index in [1.165, 1.54) is 38.4 Å². The molecular formula is C22H19ClN6O4S. The van der Waals surface area contributed by atoms with Crippen molar-refractivity contribution in [1.29, 1.82) is 0 Å². The van der Waals surface area contributed by atoms with E-state index in [-0.39, 0.29) is 22.1 Å². The van der Waals surface area contributed by atoms with E-state index in [4.69, 9.17) is 16.3 Å². The fourth-order valence-electron chi connectivity index (χ4n) is 3.04. The van der Waals surface area contributed by atoms with Crippen LogP contribution in [-0.2, 0) is 10.0 Å². The number of fused-ring (bicyclic) bond motifs is 1. The fourth-order valence-corrected chi connectivity index (χ4v) is 4.26. The molecule has 10 nitrogen and oxygen atoms in total. The molecule has 34 heavy (non-hydrogen) atoms. The third-order valence-electron chi connectivity index (χ3n) is 4.73. The molecule has 0 atom stereocenters. The number of anilines is 3. The topological polar surface area (TPSA) is 135 Å². The second-order valence-electron chi connectivity index (χ2n) is 6.95. The van der Waals surface area contributed by atoms with Crippen LogP contribution in [0.3, 0.4) is 0 Å². The molecule has 4 rings (SSSR count). The second-order valence-corrected chi connectivity index (χ2v) is 9.04. The Hall–Kier alpha value is -3.96. The summed E-state index contributed by atoms with van der Waals surface area (Å²) in [5.74, 6) is 0.118. The highest BCUT2D eigenvalue weighted by Crippen LogP contribution is 2.32. The van der Waals surface area contributed by atoms with E-state index >= 15 is 0 Å².